The third-order valence-corrected chi connectivity index (χ3v) is 7.67. The maximum atomic E-state index is 13.5. The summed E-state index contributed by atoms with van der Waals surface area (Å²) in [7, 11) is 0.584. The van der Waals surface area contributed by atoms with Crippen molar-refractivity contribution in [3.05, 3.63) is 47.2 Å². The highest BCUT2D eigenvalue weighted by Crippen LogP contribution is 2.50. The van der Waals surface area contributed by atoms with Crippen LogP contribution in [0.15, 0.2) is 41.6 Å². The molecular weight excluding hydrogens is 441 g/mol. The Kier molecular flexibility index (Phi) is 13.1. The van der Waals surface area contributed by atoms with Crippen molar-refractivity contribution >= 4 is 19.3 Å². The van der Waals surface area contributed by atoms with E-state index >= 15 is 0 Å². The Morgan fingerprint density at radius 1 is 1.00 bits per heavy atom. The third-order valence-electron chi connectivity index (χ3n) is 4.85. The number of hydrogen-bond acceptors (Lipinski definition) is 7. The zero-order chi connectivity index (χ0) is 24.9. The molecule has 1 aromatic carbocycles. The van der Waals surface area contributed by atoms with Gasteiger partial charge < -0.3 is 18.9 Å². The molecule has 0 aliphatic heterocycles. The summed E-state index contributed by atoms with van der Waals surface area (Å²) in [4.78, 5) is 26.9. The first-order valence-electron chi connectivity index (χ1n) is 11.6. The minimum Gasteiger partial charge on any atom is -0.463 e. The summed E-state index contributed by atoms with van der Waals surface area (Å²) < 4.78 is 29.8. The van der Waals surface area contributed by atoms with Crippen molar-refractivity contribution in [1.29, 1.82) is 0 Å². The summed E-state index contributed by atoms with van der Waals surface area (Å²) in [6.45, 7) is 8.26. The van der Waals surface area contributed by atoms with Crippen molar-refractivity contribution in [2.24, 2.45) is 5.92 Å². The molecular formula is C25H40NO6P. The SMILES string of the molecule is CCOC(=O)C(CP(=O)(CC(C)C)OCC)=C(CCCC(=O)OCc1ccccc1)N(C)C. The molecule has 0 fully saturated rings. The number of carbonyl (C=O) groups is 2. The van der Waals surface area contributed by atoms with E-state index in [0.29, 0.717) is 36.9 Å². The van der Waals surface area contributed by atoms with Crippen LogP contribution >= 0.6 is 7.37 Å². The van der Waals surface area contributed by atoms with Gasteiger partial charge in [0.1, 0.15) is 6.61 Å². The van der Waals surface area contributed by atoms with Crippen LogP contribution in [0.4, 0.5) is 0 Å². The maximum absolute atomic E-state index is 13.5. The van der Waals surface area contributed by atoms with Crippen LogP contribution in [0.3, 0.4) is 0 Å². The van der Waals surface area contributed by atoms with E-state index in [1.165, 1.54) is 0 Å². The predicted molar refractivity (Wildman–Crippen MR) is 131 cm³/mol. The number of ether oxygens (including phenoxy) is 2. The van der Waals surface area contributed by atoms with Gasteiger partial charge in [0, 0.05) is 32.4 Å². The van der Waals surface area contributed by atoms with Crippen LogP contribution in [0.1, 0.15) is 52.5 Å². The van der Waals surface area contributed by atoms with Gasteiger partial charge in [0.05, 0.1) is 24.9 Å². The summed E-state index contributed by atoms with van der Waals surface area (Å²) >= 11 is 0. The summed E-state index contributed by atoms with van der Waals surface area (Å²) in [5.74, 6) is -0.626. The van der Waals surface area contributed by atoms with Crippen molar-refractivity contribution in [1.82, 2.24) is 4.90 Å². The third kappa shape index (κ3) is 11.0. The quantitative estimate of drug-likeness (QED) is 0.192. The first-order chi connectivity index (χ1) is 15.6. The van der Waals surface area contributed by atoms with Crippen molar-refractivity contribution in [2.45, 2.75) is 53.6 Å². The van der Waals surface area contributed by atoms with E-state index in [0.717, 1.165) is 5.56 Å². The van der Waals surface area contributed by atoms with Gasteiger partial charge in [0.2, 0.25) is 7.37 Å². The van der Waals surface area contributed by atoms with E-state index in [-0.39, 0.29) is 37.7 Å². The topological polar surface area (TPSA) is 82.1 Å². The van der Waals surface area contributed by atoms with Gasteiger partial charge in [-0.25, -0.2) is 4.79 Å². The summed E-state index contributed by atoms with van der Waals surface area (Å²) in [5.41, 5.74) is 1.99. The Bertz CT molecular complexity index is 819. The molecule has 8 heteroatoms. The Labute approximate surface area is 198 Å². The minimum atomic E-state index is -3.08. The van der Waals surface area contributed by atoms with Crippen LogP contribution in [0.2, 0.25) is 0 Å². The fraction of sp³-hybridized carbons (Fsp3) is 0.600. The monoisotopic (exact) mass is 481 g/mol. The normalized spacial score (nSPS) is 13.8. The number of nitrogens with zero attached hydrogens (tertiary/aromatic N) is 1. The highest BCUT2D eigenvalue weighted by atomic mass is 31.2. The summed E-state index contributed by atoms with van der Waals surface area (Å²) in [6, 6.07) is 9.51. The Morgan fingerprint density at radius 2 is 1.67 bits per heavy atom. The second-order valence-corrected chi connectivity index (χ2v) is 11.1. The molecule has 1 aromatic rings. The Balaban J connectivity index is 2.96. The number of rotatable bonds is 15. The van der Waals surface area contributed by atoms with E-state index in [2.05, 4.69) is 0 Å². The van der Waals surface area contributed by atoms with Gasteiger partial charge >= 0.3 is 11.9 Å². The summed E-state index contributed by atoms with van der Waals surface area (Å²) in [5, 5.41) is 0. The molecule has 33 heavy (non-hydrogen) atoms. The van der Waals surface area contributed by atoms with Gasteiger partial charge in [-0.3, -0.25) is 9.36 Å². The van der Waals surface area contributed by atoms with Gasteiger partial charge in [0.25, 0.3) is 0 Å². The smallest absolute Gasteiger partial charge is 0.336 e. The molecule has 1 rings (SSSR count). The average molecular weight is 482 g/mol. The second-order valence-electron chi connectivity index (χ2n) is 8.51. The molecule has 0 spiro atoms. The number of hydrogen-bond donors (Lipinski definition) is 0. The van der Waals surface area contributed by atoms with Crippen LogP contribution in [0.5, 0.6) is 0 Å². The van der Waals surface area contributed by atoms with Gasteiger partial charge in [-0.2, -0.15) is 0 Å². The zero-order valence-corrected chi connectivity index (χ0v) is 21.9. The first kappa shape index (κ1) is 28.9. The number of allylic oxidation sites excluding steroid dienone is 1. The van der Waals surface area contributed by atoms with Crippen molar-refractivity contribution < 1.29 is 28.2 Å². The Morgan fingerprint density at radius 3 is 2.21 bits per heavy atom. The number of esters is 2. The molecule has 0 amide bonds. The summed E-state index contributed by atoms with van der Waals surface area (Å²) in [6.07, 6.45) is 1.57. The lowest BCUT2D eigenvalue weighted by Crippen LogP contribution is -2.23. The largest absolute Gasteiger partial charge is 0.463 e. The molecule has 0 heterocycles. The van der Waals surface area contributed by atoms with E-state index in [1.807, 2.05) is 63.2 Å². The molecule has 1 unspecified atom stereocenters. The lowest BCUT2D eigenvalue weighted by atomic mass is 10.1. The molecule has 0 saturated heterocycles. The number of benzene rings is 1. The highest BCUT2D eigenvalue weighted by molar-refractivity contribution is 7.59. The van der Waals surface area contributed by atoms with Crippen molar-refractivity contribution in [3.63, 3.8) is 0 Å². The predicted octanol–water partition coefficient (Wildman–Crippen LogP) is 5.25. The standard InChI is InChI=1S/C25H40NO6P/c1-7-30-25(28)22(19-33(29,32-8-2)18-20(3)4)23(26(5)6)15-12-16-24(27)31-17-21-13-10-9-11-14-21/h9-11,13-14,20H,7-8,12,15-19H2,1-6H3. The number of carbonyl (C=O) groups excluding carboxylic acids is 2. The fourth-order valence-electron chi connectivity index (χ4n) is 3.54. The average Bonchev–Trinajstić information content (AvgIpc) is 2.74. The van der Waals surface area contributed by atoms with Crippen LogP contribution in [-0.2, 0) is 34.8 Å². The first-order valence-corrected chi connectivity index (χ1v) is 13.6. The molecule has 0 aromatic heterocycles. The molecule has 0 saturated carbocycles. The highest BCUT2D eigenvalue weighted by Gasteiger charge is 2.31. The van der Waals surface area contributed by atoms with E-state index in [1.54, 1.807) is 13.8 Å². The molecule has 0 radical (unpaired) electrons. The van der Waals surface area contributed by atoms with Gasteiger partial charge in [-0.15, -0.1) is 0 Å². The van der Waals surface area contributed by atoms with E-state index < -0.39 is 13.3 Å². The zero-order valence-electron chi connectivity index (χ0n) is 21.0. The molecule has 0 N–H and O–H groups in total. The van der Waals surface area contributed by atoms with Crippen molar-refractivity contribution in [3.8, 4) is 0 Å². The molecule has 186 valence electrons. The van der Waals surface area contributed by atoms with E-state index in [9.17, 15) is 14.2 Å². The van der Waals surface area contributed by atoms with Crippen molar-refractivity contribution in [2.75, 3.05) is 39.6 Å². The lowest BCUT2D eigenvalue weighted by molar-refractivity contribution is -0.145. The molecule has 1 atom stereocenters. The fourth-order valence-corrected chi connectivity index (χ4v) is 6.24. The molecule has 0 aliphatic rings. The molecule has 0 aliphatic carbocycles. The van der Waals surface area contributed by atoms with Crippen LogP contribution in [0.25, 0.3) is 0 Å². The lowest BCUT2D eigenvalue weighted by Gasteiger charge is -2.25. The maximum Gasteiger partial charge on any atom is 0.336 e. The van der Waals surface area contributed by atoms with Crippen LogP contribution in [-0.4, -0.2) is 56.5 Å². The second kappa shape index (κ2) is 14.9. The van der Waals surface area contributed by atoms with Gasteiger partial charge in [0.15, 0.2) is 0 Å². The Hall–Kier alpha value is -2.11. The van der Waals surface area contributed by atoms with E-state index in [4.69, 9.17) is 14.0 Å². The van der Waals surface area contributed by atoms with Crippen LogP contribution < -0.4 is 0 Å². The van der Waals surface area contributed by atoms with Gasteiger partial charge in [-0.1, -0.05) is 44.2 Å². The van der Waals surface area contributed by atoms with Crippen LogP contribution in [0, 0.1) is 5.92 Å². The molecule has 7 nitrogen and oxygen atoms in total. The molecule has 0 bridgehead atoms. The minimum absolute atomic E-state index is 0.0177. The van der Waals surface area contributed by atoms with Gasteiger partial charge in [-0.05, 0) is 38.2 Å².